The number of nitrogens with zero attached hydrogens (tertiary/aromatic N) is 2. The van der Waals surface area contributed by atoms with Gasteiger partial charge in [-0.25, -0.2) is 4.79 Å². The number of allylic oxidation sites excluding steroid dienone is 1. The minimum Gasteiger partial charge on any atom is -0.394 e. The molecule has 1 aliphatic heterocycles. The Morgan fingerprint density at radius 1 is 1.68 bits per heavy atom. The van der Waals surface area contributed by atoms with Crippen molar-refractivity contribution in [2.45, 2.75) is 31.8 Å². The van der Waals surface area contributed by atoms with Crippen LogP contribution in [0.4, 0.5) is 5.82 Å². The Hall–Kier alpha value is -1.70. The molecular formula is C12H17N3O4. The van der Waals surface area contributed by atoms with Crippen molar-refractivity contribution in [3.63, 3.8) is 0 Å². The first-order valence-corrected chi connectivity index (χ1v) is 6.02. The SMILES string of the molecule is C/C=C\c1cn([C@H]2C[C@H](O)[C@@H](CO)O2)c(=O)nc1N. The molecule has 19 heavy (non-hydrogen) atoms. The maximum Gasteiger partial charge on any atom is 0.351 e. The molecule has 0 saturated carbocycles. The van der Waals surface area contributed by atoms with Gasteiger partial charge in [-0.3, -0.25) is 4.57 Å². The fourth-order valence-corrected chi connectivity index (χ4v) is 2.06. The molecule has 7 nitrogen and oxygen atoms in total. The average Bonchev–Trinajstić information content (AvgIpc) is 2.74. The van der Waals surface area contributed by atoms with Gasteiger partial charge in [0.05, 0.1) is 12.7 Å². The number of anilines is 1. The Morgan fingerprint density at radius 2 is 2.42 bits per heavy atom. The molecule has 1 aromatic heterocycles. The van der Waals surface area contributed by atoms with Crippen molar-refractivity contribution in [2.75, 3.05) is 12.3 Å². The van der Waals surface area contributed by atoms with Crippen LogP contribution in [0.3, 0.4) is 0 Å². The number of rotatable bonds is 3. The highest BCUT2D eigenvalue weighted by molar-refractivity contribution is 5.59. The van der Waals surface area contributed by atoms with Gasteiger partial charge in [-0.05, 0) is 6.92 Å². The molecule has 4 N–H and O–H groups in total. The van der Waals surface area contributed by atoms with Gasteiger partial charge in [0.1, 0.15) is 18.1 Å². The molecule has 1 aromatic rings. The predicted octanol–water partition coefficient (Wildman–Crippen LogP) is -0.501. The zero-order valence-electron chi connectivity index (χ0n) is 10.6. The lowest BCUT2D eigenvalue weighted by molar-refractivity contribution is -0.0458. The van der Waals surface area contributed by atoms with Crippen molar-refractivity contribution in [1.82, 2.24) is 9.55 Å². The van der Waals surface area contributed by atoms with Crippen LogP contribution in [-0.2, 0) is 4.74 Å². The third-order valence-corrected chi connectivity index (χ3v) is 3.05. The molecule has 0 radical (unpaired) electrons. The van der Waals surface area contributed by atoms with Gasteiger partial charge >= 0.3 is 5.69 Å². The lowest BCUT2D eigenvalue weighted by Crippen LogP contribution is -2.28. The van der Waals surface area contributed by atoms with E-state index < -0.39 is 24.1 Å². The standard InChI is InChI=1S/C12H17N3O4/c1-2-3-7-5-15(12(18)14-11(7)13)10-4-8(17)9(6-16)19-10/h2-3,5,8-10,16-17H,4,6H2,1H3,(H2,13,14,18)/b3-2-/t8-,9+,10+/m0/s1. The van der Waals surface area contributed by atoms with Gasteiger partial charge < -0.3 is 20.7 Å². The van der Waals surface area contributed by atoms with E-state index in [1.807, 2.05) is 6.92 Å². The molecular weight excluding hydrogens is 250 g/mol. The number of nitrogens with two attached hydrogens (primary N) is 1. The van der Waals surface area contributed by atoms with Crippen molar-refractivity contribution in [3.8, 4) is 0 Å². The van der Waals surface area contributed by atoms with E-state index in [0.29, 0.717) is 5.56 Å². The minimum atomic E-state index is -0.801. The van der Waals surface area contributed by atoms with Crippen LogP contribution >= 0.6 is 0 Å². The molecule has 1 fully saturated rings. The van der Waals surface area contributed by atoms with Gasteiger partial charge in [0.2, 0.25) is 0 Å². The summed E-state index contributed by atoms with van der Waals surface area (Å²) < 4.78 is 6.70. The Morgan fingerprint density at radius 3 is 3.00 bits per heavy atom. The molecule has 0 spiro atoms. The molecule has 1 saturated heterocycles. The lowest BCUT2D eigenvalue weighted by Gasteiger charge is -2.15. The van der Waals surface area contributed by atoms with Crippen molar-refractivity contribution in [1.29, 1.82) is 0 Å². The molecule has 3 atom stereocenters. The lowest BCUT2D eigenvalue weighted by atomic mass is 10.2. The van der Waals surface area contributed by atoms with Crippen molar-refractivity contribution < 1.29 is 14.9 Å². The summed E-state index contributed by atoms with van der Waals surface area (Å²) in [6, 6.07) is 0. The molecule has 1 aliphatic rings. The van der Waals surface area contributed by atoms with E-state index >= 15 is 0 Å². The summed E-state index contributed by atoms with van der Waals surface area (Å²) in [5.74, 6) is 0.150. The number of hydrogen-bond donors (Lipinski definition) is 3. The van der Waals surface area contributed by atoms with Gasteiger partial charge in [0.15, 0.2) is 0 Å². The number of hydrogen-bond acceptors (Lipinski definition) is 6. The van der Waals surface area contributed by atoms with Crippen LogP contribution in [0.5, 0.6) is 0 Å². The van der Waals surface area contributed by atoms with E-state index in [1.54, 1.807) is 18.3 Å². The Bertz CT molecular complexity index is 540. The Labute approximate surface area is 110 Å². The molecule has 2 rings (SSSR count). The molecule has 0 bridgehead atoms. The highest BCUT2D eigenvalue weighted by Crippen LogP contribution is 2.27. The summed E-state index contributed by atoms with van der Waals surface area (Å²) >= 11 is 0. The second-order valence-corrected chi connectivity index (χ2v) is 4.39. The van der Waals surface area contributed by atoms with Crippen LogP contribution in [0.25, 0.3) is 6.08 Å². The van der Waals surface area contributed by atoms with Gasteiger partial charge in [-0.15, -0.1) is 0 Å². The third kappa shape index (κ3) is 2.67. The zero-order valence-corrected chi connectivity index (χ0v) is 10.6. The number of ether oxygens (including phenoxy) is 1. The first-order valence-electron chi connectivity index (χ1n) is 6.02. The molecule has 104 valence electrons. The minimum absolute atomic E-state index is 0.150. The average molecular weight is 267 g/mol. The summed E-state index contributed by atoms with van der Waals surface area (Å²) in [5.41, 5.74) is 5.71. The fraction of sp³-hybridized carbons (Fsp3) is 0.500. The third-order valence-electron chi connectivity index (χ3n) is 3.05. The first kappa shape index (κ1) is 13.7. The van der Waals surface area contributed by atoms with Gasteiger partial charge in [-0.2, -0.15) is 4.98 Å². The summed E-state index contributed by atoms with van der Waals surface area (Å²) in [4.78, 5) is 15.5. The van der Waals surface area contributed by atoms with Gasteiger partial charge in [0, 0.05) is 18.2 Å². The topological polar surface area (TPSA) is 111 Å². The molecule has 7 heteroatoms. The highest BCUT2D eigenvalue weighted by Gasteiger charge is 2.35. The number of aliphatic hydroxyl groups is 2. The van der Waals surface area contributed by atoms with E-state index in [4.69, 9.17) is 15.6 Å². The second kappa shape index (κ2) is 5.52. The van der Waals surface area contributed by atoms with Gasteiger partial charge in [-0.1, -0.05) is 12.2 Å². The molecule has 0 aliphatic carbocycles. The summed E-state index contributed by atoms with van der Waals surface area (Å²) in [5, 5.41) is 18.7. The number of nitrogen functional groups attached to an aromatic ring is 1. The molecule has 0 amide bonds. The van der Waals surface area contributed by atoms with Crippen LogP contribution in [0, 0.1) is 0 Å². The summed E-state index contributed by atoms with van der Waals surface area (Å²) in [6.07, 6.45) is 3.16. The maximum atomic E-state index is 11.8. The summed E-state index contributed by atoms with van der Waals surface area (Å²) in [7, 11) is 0. The van der Waals surface area contributed by atoms with Crippen LogP contribution in [0.15, 0.2) is 17.1 Å². The van der Waals surface area contributed by atoms with Crippen LogP contribution < -0.4 is 11.4 Å². The van der Waals surface area contributed by atoms with Crippen molar-refractivity contribution in [2.24, 2.45) is 0 Å². The monoisotopic (exact) mass is 267 g/mol. The van der Waals surface area contributed by atoms with Crippen LogP contribution in [-0.4, -0.2) is 38.6 Å². The zero-order chi connectivity index (χ0) is 14.0. The number of aliphatic hydroxyl groups excluding tert-OH is 2. The van der Waals surface area contributed by atoms with Crippen molar-refractivity contribution >= 4 is 11.9 Å². The Kier molecular flexibility index (Phi) is 3.98. The van der Waals surface area contributed by atoms with E-state index in [9.17, 15) is 9.90 Å². The van der Waals surface area contributed by atoms with E-state index in [2.05, 4.69) is 4.98 Å². The van der Waals surface area contributed by atoms with Gasteiger partial charge in [0.25, 0.3) is 0 Å². The number of aromatic nitrogens is 2. The first-order chi connectivity index (χ1) is 9.06. The summed E-state index contributed by atoms with van der Waals surface area (Å²) in [6.45, 7) is 1.53. The van der Waals surface area contributed by atoms with E-state index in [0.717, 1.165) is 0 Å². The van der Waals surface area contributed by atoms with E-state index in [1.165, 1.54) is 4.57 Å². The molecule has 0 aromatic carbocycles. The second-order valence-electron chi connectivity index (χ2n) is 4.39. The quantitative estimate of drug-likeness (QED) is 0.681. The smallest absolute Gasteiger partial charge is 0.351 e. The van der Waals surface area contributed by atoms with E-state index in [-0.39, 0.29) is 18.8 Å². The predicted molar refractivity (Wildman–Crippen MR) is 69.2 cm³/mol. The normalized spacial score (nSPS) is 27.2. The largest absolute Gasteiger partial charge is 0.394 e. The maximum absolute atomic E-state index is 11.8. The molecule has 0 unspecified atom stereocenters. The fourth-order valence-electron chi connectivity index (χ4n) is 2.06. The molecule has 2 heterocycles. The highest BCUT2D eigenvalue weighted by atomic mass is 16.5. The van der Waals surface area contributed by atoms with Crippen LogP contribution in [0.1, 0.15) is 25.1 Å². The van der Waals surface area contributed by atoms with Crippen LogP contribution in [0.2, 0.25) is 0 Å². The Balaban J connectivity index is 2.35. The van der Waals surface area contributed by atoms with Crippen molar-refractivity contribution in [3.05, 3.63) is 28.3 Å².